The van der Waals surface area contributed by atoms with Gasteiger partial charge in [-0.3, -0.25) is 0 Å². The second-order valence-electron chi connectivity index (χ2n) is 5.50. The van der Waals surface area contributed by atoms with Crippen LogP contribution < -0.4 is 4.74 Å². The molecule has 3 rings (SSSR count). The summed E-state index contributed by atoms with van der Waals surface area (Å²) in [7, 11) is 0. The van der Waals surface area contributed by atoms with Crippen LogP contribution >= 0.6 is 45.2 Å². The normalized spacial score (nSPS) is 11.0. The monoisotopic (exact) mass is 561 g/mol. The highest BCUT2D eigenvalue weighted by Gasteiger charge is 2.10. The first kappa shape index (κ1) is 18.8. The summed E-state index contributed by atoms with van der Waals surface area (Å²) in [5.41, 5.74) is 2.52. The Bertz CT molecular complexity index is 1060. The number of hydrogen-bond acceptors (Lipinski definition) is 2. The van der Waals surface area contributed by atoms with Crippen LogP contribution in [0.1, 0.15) is 11.1 Å². The van der Waals surface area contributed by atoms with E-state index in [4.69, 9.17) is 11.2 Å². The lowest BCUT2D eigenvalue weighted by Gasteiger charge is -2.10. The minimum Gasteiger partial charge on any atom is -0.479 e. The summed E-state index contributed by atoms with van der Waals surface area (Å²) in [5.74, 6) is 3.26. The number of terminal acetylenes is 1. The van der Waals surface area contributed by atoms with Crippen molar-refractivity contribution in [3.8, 4) is 24.2 Å². The highest BCUT2D eigenvalue weighted by Crippen LogP contribution is 2.31. The Balaban J connectivity index is 2.08. The minimum absolute atomic E-state index is 0.237. The molecule has 0 aromatic heterocycles. The molecule has 3 aromatic carbocycles. The summed E-state index contributed by atoms with van der Waals surface area (Å²) in [6.45, 7) is 0.237. The number of fused-ring (bicyclic) bond motifs is 1. The molecule has 0 bridgehead atoms. The Labute approximate surface area is 180 Å². The molecule has 0 amide bonds. The molecule has 0 heterocycles. The lowest BCUT2D eigenvalue weighted by atomic mass is 9.97. The molecule has 0 unspecified atom stereocenters. The second-order valence-corrected chi connectivity index (χ2v) is 7.83. The van der Waals surface area contributed by atoms with E-state index in [1.807, 2.05) is 48.5 Å². The predicted molar refractivity (Wildman–Crippen MR) is 124 cm³/mol. The van der Waals surface area contributed by atoms with Gasteiger partial charge >= 0.3 is 0 Å². The Morgan fingerprint density at radius 3 is 2.46 bits per heavy atom. The molecule has 0 atom stereocenters. The van der Waals surface area contributed by atoms with Gasteiger partial charge in [-0.25, -0.2) is 0 Å². The van der Waals surface area contributed by atoms with Crippen LogP contribution in [0.4, 0.5) is 0 Å². The number of benzene rings is 3. The van der Waals surface area contributed by atoms with Gasteiger partial charge in [-0.2, -0.15) is 5.26 Å². The third-order valence-electron chi connectivity index (χ3n) is 3.83. The van der Waals surface area contributed by atoms with E-state index in [1.165, 1.54) is 0 Å². The Morgan fingerprint density at radius 2 is 1.77 bits per heavy atom. The maximum Gasteiger partial charge on any atom is 0.148 e. The van der Waals surface area contributed by atoms with E-state index in [2.05, 4.69) is 69.3 Å². The zero-order chi connectivity index (χ0) is 18.5. The second kappa shape index (κ2) is 8.57. The van der Waals surface area contributed by atoms with E-state index < -0.39 is 0 Å². The molecule has 0 aliphatic rings. The van der Waals surface area contributed by atoms with Gasteiger partial charge in [0.1, 0.15) is 12.4 Å². The predicted octanol–water partition coefficient (Wildman–Crippen LogP) is 6.13. The number of rotatable bonds is 4. The molecule has 126 valence electrons. The van der Waals surface area contributed by atoms with Gasteiger partial charge in [0.05, 0.1) is 18.8 Å². The molecule has 0 radical (unpaired) electrons. The average Bonchev–Trinajstić information content (AvgIpc) is 2.65. The molecule has 0 aliphatic carbocycles. The Kier molecular flexibility index (Phi) is 6.18. The van der Waals surface area contributed by atoms with E-state index >= 15 is 0 Å². The number of hydrogen-bond donors (Lipinski definition) is 0. The van der Waals surface area contributed by atoms with Crippen LogP contribution in [0.25, 0.3) is 22.4 Å². The van der Waals surface area contributed by atoms with Crippen LogP contribution in [0.15, 0.2) is 54.6 Å². The minimum atomic E-state index is 0.237. The zero-order valence-electron chi connectivity index (χ0n) is 13.7. The summed E-state index contributed by atoms with van der Waals surface area (Å²) in [6.07, 6.45) is 7.19. The summed E-state index contributed by atoms with van der Waals surface area (Å²) in [5, 5.41) is 11.9. The molecule has 0 saturated carbocycles. The van der Waals surface area contributed by atoms with Crippen LogP contribution in [0.2, 0.25) is 0 Å². The van der Waals surface area contributed by atoms with Gasteiger partial charge < -0.3 is 4.74 Å². The van der Waals surface area contributed by atoms with Crippen LogP contribution in [0.3, 0.4) is 0 Å². The van der Waals surface area contributed by atoms with Crippen molar-refractivity contribution in [2.24, 2.45) is 0 Å². The first-order chi connectivity index (χ1) is 12.6. The van der Waals surface area contributed by atoms with E-state index in [9.17, 15) is 5.26 Å². The lowest BCUT2D eigenvalue weighted by Crippen LogP contribution is -1.98. The van der Waals surface area contributed by atoms with Crippen molar-refractivity contribution in [3.63, 3.8) is 0 Å². The number of ether oxygens (including phenoxy) is 1. The summed E-state index contributed by atoms with van der Waals surface area (Å²) in [4.78, 5) is 0. The van der Waals surface area contributed by atoms with Gasteiger partial charge in [-0.1, -0.05) is 48.4 Å². The van der Waals surface area contributed by atoms with Crippen LogP contribution in [0, 0.1) is 30.8 Å². The molecule has 0 aliphatic heterocycles. The highest BCUT2D eigenvalue weighted by molar-refractivity contribution is 14.1. The van der Waals surface area contributed by atoms with E-state index in [1.54, 1.807) is 0 Å². The largest absolute Gasteiger partial charge is 0.479 e. The first-order valence-electron chi connectivity index (χ1n) is 7.79. The Morgan fingerprint density at radius 1 is 1.08 bits per heavy atom. The number of nitriles is 1. The zero-order valence-corrected chi connectivity index (χ0v) is 18.0. The van der Waals surface area contributed by atoms with E-state index in [0.717, 1.165) is 34.8 Å². The number of allylic oxidation sites excluding steroid dienone is 1. The lowest BCUT2D eigenvalue weighted by molar-refractivity contribution is 0.365. The first-order valence-corrected chi connectivity index (χ1v) is 9.95. The third-order valence-corrected chi connectivity index (χ3v) is 5.43. The fraction of sp³-hybridized carbons (Fsp3) is 0.0455. The summed E-state index contributed by atoms with van der Waals surface area (Å²) < 4.78 is 7.54. The fourth-order valence-corrected chi connectivity index (χ4v) is 4.84. The van der Waals surface area contributed by atoms with Crippen molar-refractivity contribution in [2.45, 2.75) is 0 Å². The van der Waals surface area contributed by atoms with Crippen molar-refractivity contribution < 1.29 is 4.74 Å². The van der Waals surface area contributed by atoms with Gasteiger partial charge in [-0.05, 0) is 79.7 Å². The smallest absolute Gasteiger partial charge is 0.148 e. The quantitative estimate of drug-likeness (QED) is 0.167. The molecule has 0 fully saturated rings. The maximum absolute atomic E-state index is 9.74. The molecular formula is C22H13I2NO. The third kappa shape index (κ3) is 4.03. The SMILES string of the molecule is C#CCOc1c(I)cc(/C=C(\C#N)c2cccc3ccccc23)cc1I. The Hall–Kier alpha value is -2.03. The van der Waals surface area contributed by atoms with Gasteiger partial charge in [-0.15, -0.1) is 6.42 Å². The standard InChI is InChI=1S/C22H13I2NO/c1-2-10-26-22-20(23)12-15(13-21(22)24)11-17(14-25)19-9-5-7-16-6-3-4-8-18(16)19/h1,3-9,11-13H,10H2/b17-11+. The molecule has 0 spiro atoms. The molecular weight excluding hydrogens is 548 g/mol. The van der Waals surface area contributed by atoms with Crippen LogP contribution in [-0.2, 0) is 0 Å². The van der Waals surface area contributed by atoms with Gasteiger partial charge in [0.15, 0.2) is 0 Å². The molecule has 4 heteroatoms. The van der Waals surface area contributed by atoms with Crippen LogP contribution in [-0.4, -0.2) is 6.61 Å². The number of nitrogens with zero attached hydrogens (tertiary/aromatic N) is 1. The molecule has 2 nitrogen and oxygen atoms in total. The maximum atomic E-state index is 9.74. The number of halogens is 2. The van der Waals surface area contributed by atoms with Crippen molar-refractivity contribution >= 4 is 67.6 Å². The average molecular weight is 561 g/mol. The van der Waals surface area contributed by atoms with Gasteiger partial charge in [0.25, 0.3) is 0 Å². The fourth-order valence-electron chi connectivity index (χ4n) is 2.71. The topological polar surface area (TPSA) is 33.0 Å². The summed E-state index contributed by atoms with van der Waals surface area (Å²) in [6, 6.07) is 20.4. The summed E-state index contributed by atoms with van der Waals surface area (Å²) >= 11 is 4.46. The van der Waals surface area contributed by atoms with Gasteiger partial charge in [0.2, 0.25) is 0 Å². The highest BCUT2D eigenvalue weighted by atomic mass is 127. The van der Waals surface area contributed by atoms with Crippen LogP contribution in [0.5, 0.6) is 5.75 Å². The van der Waals surface area contributed by atoms with E-state index in [0.29, 0.717) is 5.57 Å². The van der Waals surface area contributed by atoms with Crippen molar-refractivity contribution in [2.75, 3.05) is 6.61 Å². The molecule has 0 saturated heterocycles. The van der Waals surface area contributed by atoms with Crippen molar-refractivity contribution in [1.29, 1.82) is 5.26 Å². The van der Waals surface area contributed by atoms with Crippen molar-refractivity contribution in [1.82, 2.24) is 0 Å². The van der Waals surface area contributed by atoms with Crippen molar-refractivity contribution in [3.05, 3.63) is 72.9 Å². The molecule has 0 N–H and O–H groups in total. The molecule has 26 heavy (non-hydrogen) atoms. The molecule has 3 aromatic rings. The van der Waals surface area contributed by atoms with E-state index in [-0.39, 0.29) is 6.61 Å². The van der Waals surface area contributed by atoms with Gasteiger partial charge in [0, 0.05) is 5.56 Å².